The fraction of sp³-hybridized carbons (Fsp3) is 0.400. The lowest BCUT2D eigenvalue weighted by molar-refractivity contribution is -0.121. The first-order valence-electron chi connectivity index (χ1n) is 7.18. The molecule has 1 amide bonds. The fourth-order valence-electron chi connectivity index (χ4n) is 2.67. The summed E-state index contributed by atoms with van der Waals surface area (Å²) in [5.74, 6) is 0.417. The number of carbonyl (C=O) groups excluding carboxylic acids is 1. The number of nitrogens with two attached hydrogens (primary N) is 1. The van der Waals surface area contributed by atoms with E-state index in [4.69, 9.17) is 5.73 Å². The third-order valence-corrected chi connectivity index (χ3v) is 3.92. The molecular formula is C15H21Cl2N5O. The van der Waals surface area contributed by atoms with Gasteiger partial charge in [-0.15, -0.1) is 24.8 Å². The van der Waals surface area contributed by atoms with E-state index in [0.717, 1.165) is 31.2 Å². The van der Waals surface area contributed by atoms with Crippen LogP contribution in [0.25, 0.3) is 0 Å². The number of amides is 1. The number of nitrogens with zero attached hydrogens (tertiary/aromatic N) is 3. The number of rotatable bonds is 4. The average molecular weight is 358 g/mol. The van der Waals surface area contributed by atoms with Crippen molar-refractivity contribution < 1.29 is 4.79 Å². The summed E-state index contributed by atoms with van der Waals surface area (Å²) in [6.45, 7) is 0.645. The summed E-state index contributed by atoms with van der Waals surface area (Å²) in [7, 11) is 0. The second-order valence-electron chi connectivity index (χ2n) is 5.57. The first-order chi connectivity index (χ1) is 10.2. The molecular weight excluding hydrogens is 337 g/mol. The summed E-state index contributed by atoms with van der Waals surface area (Å²) in [4.78, 5) is 16.2. The Balaban J connectivity index is 0.00000132. The summed E-state index contributed by atoms with van der Waals surface area (Å²) in [6.07, 6.45) is 8.86. The van der Waals surface area contributed by atoms with Gasteiger partial charge in [0.15, 0.2) is 5.82 Å². The molecule has 2 heterocycles. The Morgan fingerprint density at radius 2 is 1.87 bits per heavy atom. The molecule has 0 unspecified atom stereocenters. The smallest absolute Gasteiger partial charge is 0.245 e. The predicted molar refractivity (Wildman–Crippen MR) is 94.1 cm³/mol. The summed E-state index contributed by atoms with van der Waals surface area (Å²) >= 11 is 0. The number of pyridine rings is 1. The van der Waals surface area contributed by atoms with Crippen molar-refractivity contribution in [1.82, 2.24) is 14.8 Å². The van der Waals surface area contributed by atoms with Gasteiger partial charge in [0.25, 0.3) is 0 Å². The van der Waals surface area contributed by atoms with Gasteiger partial charge in [-0.2, -0.15) is 5.10 Å². The zero-order valence-electron chi connectivity index (χ0n) is 12.6. The van der Waals surface area contributed by atoms with Crippen LogP contribution in [0.2, 0.25) is 0 Å². The summed E-state index contributed by atoms with van der Waals surface area (Å²) < 4.78 is 1.78. The molecule has 3 rings (SSSR count). The number of hydrogen-bond donors (Lipinski definition) is 2. The molecule has 6 nitrogen and oxygen atoms in total. The quantitative estimate of drug-likeness (QED) is 0.879. The van der Waals surface area contributed by atoms with E-state index in [1.807, 2.05) is 18.3 Å². The molecule has 0 saturated heterocycles. The zero-order chi connectivity index (χ0) is 14.7. The van der Waals surface area contributed by atoms with Crippen LogP contribution < -0.4 is 11.1 Å². The van der Waals surface area contributed by atoms with Gasteiger partial charge in [0.1, 0.15) is 0 Å². The maximum Gasteiger partial charge on any atom is 0.245 e. The van der Waals surface area contributed by atoms with E-state index >= 15 is 0 Å². The van der Waals surface area contributed by atoms with Crippen molar-refractivity contribution >= 4 is 36.5 Å². The lowest BCUT2D eigenvalue weighted by Gasteiger charge is -2.21. The summed E-state index contributed by atoms with van der Waals surface area (Å²) in [6, 6.07) is 5.66. The third kappa shape index (κ3) is 4.67. The molecule has 126 valence electrons. The van der Waals surface area contributed by atoms with Crippen LogP contribution in [0.3, 0.4) is 0 Å². The van der Waals surface area contributed by atoms with Crippen LogP contribution in [0.1, 0.15) is 31.2 Å². The zero-order valence-corrected chi connectivity index (χ0v) is 14.3. The van der Waals surface area contributed by atoms with Crippen LogP contribution >= 0.6 is 24.8 Å². The van der Waals surface area contributed by atoms with Crippen molar-refractivity contribution in [3.8, 4) is 0 Å². The van der Waals surface area contributed by atoms with Crippen LogP contribution in [-0.2, 0) is 11.3 Å². The Morgan fingerprint density at radius 3 is 2.52 bits per heavy atom. The molecule has 0 bridgehead atoms. The van der Waals surface area contributed by atoms with Gasteiger partial charge in [-0.05, 0) is 30.5 Å². The maximum atomic E-state index is 12.2. The second kappa shape index (κ2) is 8.29. The van der Waals surface area contributed by atoms with Crippen LogP contribution in [0.15, 0.2) is 36.8 Å². The highest BCUT2D eigenvalue weighted by Gasteiger charge is 2.37. The highest BCUT2D eigenvalue weighted by Crippen LogP contribution is 2.28. The first kappa shape index (κ1) is 19.4. The lowest BCUT2D eigenvalue weighted by atomic mass is 9.98. The van der Waals surface area contributed by atoms with Gasteiger partial charge in [-0.3, -0.25) is 14.5 Å². The minimum atomic E-state index is -0.727. The van der Waals surface area contributed by atoms with Gasteiger partial charge in [0, 0.05) is 24.7 Å². The van der Waals surface area contributed by atoms with Gasteiger partial charge in [-0.25, -0.2) is 0 Å². The first-order valence-corrected chi connectivity index (χ1v) is 7.18. The van der Waals surface area contributed by atoms with Gasteiger partial charge >= 0.3 is 0 Å². The van der Waals surface area contributed by atoms with Crippen molar-refractivity contribution in [3.05, 3.63) is 42.4 Å². The SMILES string of the molecule is Cl.Cl.NC1(C(=O)Nc2ccn(Cc3ccncc3)n2)CCCC1. The fourth-order valence-corrected chi connectivity index (χ4v) is 2.67. The van der Waals surface area contributed by atoms with E-state index in [1.165, 1.54) is 0 Å². The molecule has 3 N–H and O–H groups in total. The van der Waals surface area contributed by atoms with Crippen LogP contribution in [-0.4, -0.2) is 26.2 Å². The number of anilines is 1. The van der Waals surface area contributed by atoms with E-state index < -0.39 is 5.54 Å². The van der Waals surface area contributed by atoms with Crippen LogP contribution in [0.4, 0.5) is 5.82 Å². The van der Waals surface area contributed by atoms with Gasteiger partial charge in [0.2, 0.25) is 5.91 Å². The van der Waals surface area contributed by atoms with Crippen molar-refractivity contribution in [2.24, 2.45) is 5.73 Å². The number of halogens is 2. The number of hydrogen-bond acceptors (Lipinski definition) is 4. The van der Waals surface area contributed by atoms with Gasteiger partial charge in [0.05, 0.1) is 12.1 Å². The highest BCUT2D eigenvalue weighted by molar-refractivity contribution is 5.97. The number of nitrogens with one attached hydrogen (secondary N) is 1. The Labute approximate surface area is 147 Å². The summed E-state index contributed by atoms with van der Waals surface area (Å²) in [5.41, 5.74) is 6.51. The molecule has 0 spiro atoms. The number of carbonyl (C=O) groups is 1. The van der Waals surface area contributed by atoms with Gasteiger partial charge in [-0.1, -0.05) is 12.8 Å². The Hall–Kier alpha value is -1.63. The molecule has 23 heavy (non-hydrogen) atoms. The number of aromatic nitrogens is 3. The van der Waals surface area contributed by atoms with E-state index in [1.54, 1.807) is 23.1 Å². The molecule has 0 aliphatic heterocycles. The van der Waals surface area contributed by atoms with Crippen molar-refractivity contribution in [2.75, 3.05) is 5.32 Å². The predicted octanol–water partition coefficient (Wildman–Crippen LogP) is 2.38. The highest BCUT2D eigenvalue weighted by atomic mass is 35.5. The monoisotopic (exact) mass is 357 g/mol. The average Bonchev–Trinajstić information content (AvgIpc) is 3.10. The van der Waals surface area contributed by atoms with E-state index in [2.05, 4.69) is 15.4 Å². The molecule has 1 aliphatic rings. The van der Waals surface area contributed by atoms with E-state index in [-0.39, 0.29) is 30.7 Å². The van der Waals surface area contributed by atoms with Crippen molar-refractivity contribution in [1.29, 1.82) is 0 Å². The maximum absolute atomic E-state index is 12.2. The molecule has 1 aliphatic carbocycles. The Morgan fingerprint density at radius 1 is 1.22 bits per heavy atom. The largest absolute Gasteiger partial charge is 0.317 e. The van der Waals surface area contributed by atoms with Crippen LogP contribution in [0.5, 0.6) is 0 Å². The molecule has 8 heteroatoms. The molecule has 0 aromatic carbocycles. The molecule has 2 aromatic rings. The molecule has 0 atom stereocenters. The molecule has 0 radical (unpaired) electrons. The molecule has 2 aromatic heterocycles. The Kier molecular flexibility index (Phi) is 7.00. The van der Waals surface area contributed by atoms with Crippen LogP contribution in [0, 0.1) is 0 Å². The minimum absolute atomic E-state index is 0. The van der Waals surface area contributed by atoms with Crippen molar-refractivity contribution in [3.63, 3.8) is 0 Å². The summed E-state index contributed by atoms with van der Waals surface area (Å²) in [5, 5.41) is 7.18. The van der Waals surface area contributed by atoms with Gasteiger partial charge < -0.3 is 11.1 Å². The lowest BCUT2D eigenvalue weighted by Crippen LogP contribution is -2.48. The normalized spacial score (nSPS) is 15.3. The third-order valence-electron chi connectivity index (χ3n) is 3.92. The Bertz CT molecular complexity index is 626. The van der Waals surface area contributed by atoms with E-state index in [9.17, 15) is 4.79 Å². The van der Waals surface area contributed by atoms with Crippen molar-refractivity contribution in [2.45, 2.75) is 37.8 Å². The minimum Gasteiger partial charge on any atom is -0.317 e. The van der Waals surface area contributed by atoms with E-state index in [0.29, 0.717) is 12.4 Å². The molecule has 1 fully saturated rings. The molecule has 1 saturated carbocycles. The second-order valence-corrected chi connectivity index (χ2v) is 5.57. The topological polar surface area (TPSA) is 85.8 Å². The standard InChI is InChI=1S/C15H19N5O.2ClH/c16-15(6-1-2-7-15)14(21)18-13-5-10-20(19-13)11-12-3-8-17-9-4-12;;/h3-5,8-10H,1-2,6-7,11,16H2,(H,18,19,21);2*1H.